The molecule has 23 heavy (non-hydrogen) atoms. The van der Waals surface area contributed by atoms with Crippen LogP contribution in [0.25, 0.3) is 0 Å². The van der Waals surface area contributed by atoms with E-state index in [2.05, 4.69) is 4.72 Å². The van der Waals surface area contributed by atoms with Crippen molar-refractivity contribution in [1.82, 2.24) is 9.62 Å². The molecular formula is C14H18F2N2O4S. The van der Waals surface area contributed by atoms with Crippen LogP contribution in [0.5, 0.6) is 0 Å². The fourth-order valence-electron chi connectivity index (χ4n) is 2.22. The van der Waals surface area contributed by atoms with Gasteiger partial charge in [0.25, 0.3) is 5.91 Å². The molecule has 0 spiro atoms. The predicted molar refractivity (Wildman–Crippen MR) is 79.0 cm³/mol. The zero-order chi connectivity index (χ0) is 17.2. The lowest BCUT2D eigenvalue weighted by atomic mass is 10.2. The van der Waals surface area contributed by atoms with Crippen LogP contribution >= 0.6 is 0 Å². The molecule has 0 saturated carbocycles. The van der Waals surface area contributed by atoms with Crippen molar-refractivity contribution in [2.45, 2.75) is 30.2 Å². The number of hydrogen-bond acceptors (Lipinski definition) is 4. The summed E-state index contributed by atoms with van der Waals surface area (Å²) in [7, 11) is -3.81. The summed E-state index contributed by atoms with van der Waals surface area (Å²) in [5.74, 6) is -0.548. The minimum atomic E-state index is -3.81. The van der Waals surface area contributed by atoms with E-state index in [4.69, 9.17) is 5.11 Å². The number of hydrogen-bond donors (Lipinski definition) is 2. The predicted octanol–water partition coefficient (Wildman–Crippen LogP) is 0.478. The topological polar surface area (TPSA) is 86.7 Å². The zero-order valence-electron chi connectivity index (χ0n) is 12.4. The van der Waals surface area contributed by atoms with Gasteiger partial charge in [-0.25, -0.2) is 21.9 Å². The molecule has 0 radical (unpaired) electrons. The van der Waals surface area contributed by atoms with Gasteiger partial charge in [-0.2, -0.15) is 0 Å². The smallest absolute Gasteiger partial charge is 0.254 e. The number of alkyl halides is 2. The molecule has 2 N–H and O–H groups in total. The lowest BCUT2D eigenvalue weighted by Crippen LogP contribution is -2.35. The number of benzene rings is 1. The number of halogens is 2. The maximum absolute atomic E-state index is 13.1. The van der Waals surface area contributed by atoms with E-state index in [0.29, 0.717) is 0 Å². The van der Waals surface area contributed by atoms with Crippen LogP contribution in [0, 0.1) is 0 Å². The van der Waals surface area contributed by atoms with Crippen LogP contribution in [0.4, 0.5) is 8.78 Å². The van der Waals surface area contributed by atoms with Gasteiger partial charge in [0.2, 0.25) is 10.0 Å². The lowest BCUT2D eigenvalue weighted by Gasteiger charge is -2.15. The van der Waals surface area contributed by atoms with E-state index in [-0.39, 0.29) is 30.2 Å². The highest BCUT2D eigenvalue weighted by atomic mass is 32.2. The third kappa shape index (κ3) is 4.04. The number of sulfonamides is 1. The Kier molecular flexibility index (Phi) is 5.33. The fourth-order valence-corrected chi connectivity index (χ4v) is 3.45. The number of rotatable bonds is 5. The van der Waals surface area contributed by atoms with Crippen LogP contribution in [-0.4, -0.2) is 62.4 Å². The van der Waals surface area contributed by atoms with Crippen LogP contribution in [-0.2, 0) is 10.0 Å². The van der Waals surface area contributed by atoms with E-state index in [9.17, 15) is 22.0 Å². The molecule has 0 aliphatic carbocycles. The number of carbonyl (C=O) groups is 1. The summed E-state index contributed by atoms with van der Waals surface area (Å²) in [6.07, 6.45) is -3.38. The molecule has 0 bridgehead atoms. The molecule has 1 aliphatic heterocycles. The first-order valence-electron chi connectivity index (χ1n) is 7.05. The van der Waals surface area contributed by atoms with Crippen molar-refractivity contribution >= 4 is 15.9 Å². The molecule has 9 heteroatoms. The van der Waals surface area contributed by atoms with Gasteiger partial charge >= 0.3 is 0 Å². The van der Waals surface area contributed by atoms with E-state index in [1.54, 1.807) is 0 Å². The Morgan fingerprint density at radius 3 is 2.30 bits per heavy atom. The van der Waals surface area contributed by atoms with E-state index in [0.717, 1.165) is 4.90 Å². The first-order valence-corrected chi connectivity index (χ1v) is 8.53. The highest BCUT2D eigenvalue weighted by Crippen LogP contribution is 2.20. The molecule has 1 aliphatic rings. The number of amides is 1. The minimum absolute atomic E-state index is 0.0671. The van der Waals surface area contributed by atoms with Crippen molar-refractivity contribution in [2.24, 2.45) is 0 Å². The second-order valence-electron chi connectivity index (χ2n) is 5.47. The maximum atomic E-state index is 13.1. The van der Waals surface area contributed by atoms with E-state index in [1.165, 1.54) is 31.2 Å². The zero-order valence-corrected chi connectivity index (χ0v) is 13.3. The standard InChI is InChI=1S/C14H18F2N2O4S/c1-9(8-19)17-23(21,22)11-4-2-10(3-5-11)14(20)18-6-12(15)13(16)7-18/h2-5,9,12-13,17,19H,6-8H2,1H3/t9?,12-,13+. The molecule has 1 unspecified atom stereocenters. The second-order valence-corrected chi connectivity index (χ2v) is 7.19. The van der Waals surface area contributed by atoms with Crippen molar-refractivity contribution in [3.8, 4) is 0 Å². The summed E-state index contributed by atoms with van der Waals surface area (Å²) < 4.78 is 52.6. The molecule has 1 saturated heterocycles. The largest absolute Gasteiger partial charge is 0.395 e. The monoisotopic (exact) mass is 348 g/mol. The molecule has 1 aromatic carbocycles. The van der Waals surface area contributed by atoms with Gasteiger partial charge in [-0.3, -0.25) is 4.79 Å². The summed E-state index contributed by atoms with van der Waals surface area (Å²) in [4.78, 5) is 13.1. The van der Waals surface area contributed by atoms with E-state index >= 15 is 0 Å². The number of likely N-dealkylation sites (tertiary alicyclic amines) is 1. The Balaban J connectivity index is 2.12. The molecule has 6 nitrogen and oxygen atoms in total. The summed E-state index contributed by atoms with van der Waals surface area (Å²) in [5, 5.41) is 8.89. The number of aliphatic hydroxyl groups is 1. The normalized spacial score (nSPS) is 23.0. The van der Waals surface area contributed by atoms with Crippen molar-refractivity contribution < 1.29 is 27.1 Å². The average molecular weight is 348 g/mol. The Hall–Kier alpha value is -1.58. The van der Waals surface area contributed by atoms with Crippen molar-refractivity contribution in [3.63, 3.8) is 0 Å². The molecule has 1 fully saturated rings. The average Bonchev–Trinajstić information content (AvgIpc) is 2.85. The van der Waals surface area contributed by atoms with Crippen LogP contribution in [0.3, 0.4) is 0 Å². The van der Waals surface area contributed by atoms with Crippen LogP contribution < -0.4 is 4.72 Å². The highest BCUT2D eigenvalue weighted by molar-refractivity contribution is 7.89. The van der Waals surface area contributed by atoms with Crippen molar-refractivity contribution in [2.75, 3.05) is 19.7 Å². The molecule has 2 rings (SSSR count). The Morgan fingerprint density at radius 2 is 1.83 bits per heavy atom. The number of nitrogens with zero attached hydrogens (tertiary/aromatic N) is 1. The van der Waals surface area contributed by atoms with Gasteiger partial charge in [0.15, 0.2) is 12.3 Å². The summed E-state index contributed by atoms with van der Waals surface area (Å²) >= 11 is 0. The van der Waals surface area contributed by atoms with Gasteiger partial charge in [0.1, 0.15) is 0 Å². The maximum Gasteiger partial charge on any atom is 0.254 e. The Morgan fingerprint density at radius 1 is 1.30 bits per heavy atom. The second kappa shape index (κ2) is 6.90. The van der Waals surface area contributed by atoms with Gasteiger partial charge in [-0.05, 0) is 31.2 Å². The van der Waals surface area contributed by atoms with Crippen LogP contribution in [0.2, 0.25) is 0 Å². The molecule has 0 aromatic heterocycles. The van der Waals surface area contributed by atoms with Gasteiger partial charge in [-0.15, -0.1) is 0 Å². The van der Waals surface area contributed by atoms with Crippen LogP contribution in [0.1, 0.15) is 17.3 Å². The summed E-state index contributed by atoms with van der Waals surface area (Å²) in [6, 6.07) is 4.40. The third-order valence-electron chi connectivity index (χ3n) is 3.51. The fraction of sp³-hybridized carbons (Fsp3) is 0.500. The van der Waals surface area contributed by atoms with Gasteiger partial charge in [0, 0.05) is 11.6 Å². The molecule has 1 aromatic rings. The summed E-state index contributed by atoms with van der Waals surface area (Å²) in [6.45, 7) is 0.536. The number of aliphatic hydroxyl groups excluding tert-OH is 1. The Labute approximate surface area is 133 Å². The van der Waals surface area contributed by atoms with E-state index < -0.39 is 34.3 Å². The SMILES string of the molecule is CC(CO)NS(=O)(=O)c1ccc(C(=O)N2C[C@@H](F)[C@@H](F)C2)cc1. The van der Waals surface area contributed by atoms with Gasteiger partial charge in [-0.1, -0.05) is 0 Å². The quantitative estimate of drug-likeness (QED) is 0.810. The first kappa shape index (κ1) is 17.8. The molecule has 1 heterocycles. The highest BCUT2D eigenvalue weighted by Gasteiger charge is 2.35. The molecular weight excluding hydrogens is 330 g/mol. The van der Waals surface area contributed by atoms with Gasteiger partial charge < -0.3 is 10.0 Å². The number of nitrogens with one attached hydrogen (secondary N) is 1. The van der Waals surface area contributed by atoms with Crippen LogP contribution in [0.15, 0.2) is 29.2 Å². The van der Waals surface area contributed by atoms with Crippen molar-refractivity contribution in [1.29, 1.82) is 0 Å². The summed E-state index contributed by atoms with van der Waals surface area (Å²) in [5.41, 5.74) is 0.153. The third-order valence-corrected chi connectivity index (χ3v) is 5.12. The molecule has 1 amide bonds. The lowest BCUT2D eigenvalue weighted by molar-refractivity contribution is 0.0778. The first-order chi connectivity index (χ1) is 10.7. The number of carbonyl (C=O) groups excluding carboxylic acids is 1. The van der Waals surface area contributed by atoms with Gasteiger partial charge in [0.05, 0.1) is 24.6 Å². The van der Waals surface area contributed by atoms with Crippen molar-refractivity contribution in [3.05, 3.63) is 29.8 Å². The van der Waals surface area contributed by atoms with E-state index in [1.807, 2.05) is 0 Å². The Bertz CT molecular complexity index is 656. The molecule has 3 atom stereocenters. The minimum Gasteiger partial charge on any atom is -0.395 e. The molecule has 128 valence electrons.